The number of hydrogen-bond donors (Lipinski definition) is 8. The molecule has 0 radical (unpaired) electrons. The maximum absolute atomic E-state index is 10.1. The highest BCUT2D eigenvalue weighted by Gasteiger charge is 2.07. The van der Waals surface area contributed by atoms with Gasteiger partial charge in [0, 0.05) is 12.2 Å². The normalized spacial score (nSPS) is 10.6. The summed E-state index contributed by atoms with van der Waals surface area (Å²) >= 11 is 0. The minimum Gasteiger partial charge on any atom is -0.504 e. The Hall–Kier alpha value is -4.34. The Kier molecular flexibility index (Phi) is 7.27. The first-order chi connectivity index (χ1) is 13.0. The van der Waals surface area contributed by atoms with Gasteiger partial charge in [-0.1, -0.05) is 0 Å². The van der Waals surface area contributed by atoms with Crippen molar-refractivity contribution < 1.29 is 50.4 Å². The molecule has 0 aliphatic rings. The molecule has 0 aliphatic heterocycles. The quantitative estimate of drug-likeness (QED) is 0.280. The van der Waals surface area contributed by atoms with E-state index in [2.05, 4.69) is 0 Å². The lowest BCUT2D eigenvalue weighted by Gasteiger charge is -2.01. The molecule has 0 saturated carbocycles. The number of phenols is 6. The van der Waals surface area contributed by atoms with Crippen molar-refractivity contribution in [2.75, 3.05) is 0 Å². The van der Waals surface area contributed by atoms with E-state index >= 15 is 0 Å². The van der Waals surface area contributed by atoms with Gasteiger partial charge in [-0.15, -0.1) is 0 Å². The van der Waals surface area contributed by atoms with E-state index in [-0.39, 0.29) is 11.1 Å². The fraction of sp³-hybridized carbons (Fsp3) is 0. The van der Waals surface area contributed by atoms with Gasteiger partial charge in [0.1, 0.15) is 0 Å². The van der Waals surface area contributed by atoms with Crippen molar-refractivity contribution in [2.24, 2.45) is 0 Å². The minimum absolute atomic E-state index is 0.278. The highest BCUT2D eigenvalue weighted by molar-refractivity contribution is 5.86. The fourth-order valence-corrected chi connectivity index (χ4v) is 1.78. The van der Waals surface area contributed by atoms with Gasteiger partial charge >= 0.3 is 11.9 Å². The van der Waals surface area contributed by atoms with Gasteiger partial charge in [0.15, 0.2) is 34.5 Å². The van der Waals surface area contributed by atoms with Crippen molar-refractivity contribution in [1.29, 1.82) is 0 Å². The molecule has 0 saturated heterocycles. The van der Waals surface area contributed by atoms with E-state index in [4.69, 9.17) is 40.9 Å². The highest BCUT2D eigenvalue weighted by atomic mass is 16.4. The molecule has 0 unspecified atom stereocenters. The van der Waals surface area contributed by atoms with Crippen LogP contribution in [0.2, 0.25) is 0 Å². The SMILES string of the molecule is O=C(O)C=Cc1cc(O)c(O)c(O)c1.O=C(O)C=Cc1cc(O)c(O)c(O)c1. The van der Waals surface area contributed by atoms with Gasteiger partial charge in [0.05, 0.1) is 0 Å². The third-order valence-electron chi connectivity index (χ3n) is 3.02. The average molecular weight is 392 g/mol. The molecular formula is C18H16O10. The monoisotopic (exact) mass is 392 g/mol. The largest absolute Gasteiger partial charge is 0.504 e. The molecule has 148 valence electrons. The molecule has 10 heteroatoms. The summed E-state index contributed by atoms with van der Waals surface area (Å²) < 4.78 is 0. The number of aliphatic carboxylic acids is 2. The van der Waals surface area contributed by atoms with Crippen LogP contribution >= 0.6 is 0 Å². The number of carboxylic acid groups (broad SMARTS) is 2. The van der Waals surface area contributed by atoms with Crippen LogP contribution in [0, 0.1) is 0 Å². The number of carbonyl (C=O) groups is 2. The maximum atomic E-state index is 10.1. The summed E-state index contributed by atoms with van der Waals surface area (Å²) in [7, 11) is 0. The van der Waals surface area contributed by atoms with E-state index in [0.717, 1.165) is 36.4 Å². The molecule has 2 aromatic carbocycles. The Labute approximate surface area is 157 Å². The summed E-state index contributed by atoms with van der Waals surface area (Å²) in [6.07, 6.45) is 4.07. The van der Waals surface area contributed by atoms with Crippen molar-refractivity contribution in [2.45, 2.75) is 0 Å². The third-order valence-corrected chi connectivity index (χ3v) is 3.02. The van der Waals surface area contributed by atoms with E-state index in [9.17, 15) is 9.59 Å². The summed E-state index contributed by atoms with van der Waals surface area (Å²) in [5.74, 6) is -5.56. The Morgan fingerprint density at radius 1 is 0.571 bits per heavy atom. The molecule has 0 heterocycles. The van der Waals surface area contributed by atoms with Crippen molar-refractivity contribution in [3.8, 4) is 34.5 Å². The van der Waals surface area contributed by atoms with Crippen LogP contribution in [0.15, 0.2) is 36.4 Å². The van der Waals surface area contributed by atoms with Crippen LogP contribution in [0.5, 0.6) is 34.5 Å². The van der Waals surface area contributed by atoms with E-state index in [1.165, 1.54) is 12.2 Å². The van der Waals surface area contributed by atoms with E-state index in [0.29, 0.717) is 0 Å². The molecule has 28 heavy (non-hydrogen) atoms. The molecule has 0 bridgehead atoms. The van der Waals surface area contributed by atoms with Crippen LogP contribution in [-0.2, 0) is 9.59 Å². The molecule has 10 nitrogen and oxygen atoms in total. The van der Waals surface area contributed by atoms with Crippen LogP contribution in [-0.4, -0.2) is 52.8 Å². The van der Waals surface area contributed by atoms with Gasteiger partial charge in [0.25, 0.3) is 0 Å². The van der Waals surface area contributed by atoms with Crippen LogP contribution in [0.4, 0.5) is 0 Å². The molecule has 0 fully saturated rings. The van der Waals surface area contributed by atoms with Crippen LogP contribution in [0.3, 0.4) is 0 Å². The predicted molar refractivity (Wildman–Crippen MR) is 96.2 cm³/mol. The zero-order chi connectivity index (χ0) is 21.4. The first-order valence-corrected chi connectivity index (χ1v) is 7.33. The number of phenolic OH excluding ortho intramolecular Hbond substituents is 6. The molecule has 0 aliphatic carbocycles. The summed E-state index contributed by atoms with van der Waals surface area (Å²) in [5.41, 5.74) is 0.556. The predicted octanol–water partition coefficient (Wildman–Crippen LogP) is 1.80. The standard InChI is InChI=1S/2C9H8O5/c2*10-6-3-5(1-2-8(12)13)4-7(11)9(6)14/h2*1-4,10-11,14H,(H,12,13). The molecule has 0 amide bonds. The molecule has 2 rings (SSSR count). The first kappa shape index (κ1) is 21.7. The molecular weight excluding hydrogens is 376 g/mol. The summed E-state index contributed by atoms with van der Waals surface area (Å²) in [4.78, 5) is 20.3. The Bertz CT molecular complexity index is 820. The number of rotatable bonds is 4. The van der Waals surface area contributed by atoms with Crippen LogP contribution in [0.25, 0.3) is 12.2 Å². The number of benzene rings is 2. The van der Waals surface area contributed by atoms with Crippen molar-refractivity contribution in [3.05, 3.63) is 47.5 Å². The van der Waals surface area contributed by atoms with Gasteiger partial charge in [-0.3, -0.25) is 0 Å². The van der Waals surface area contributed by atoms with E-state index in [1.807, 2.05) is 0 Å². The number of carboxylic acids is 2. The first-order valence-electron chi connectivity index (χ1n) is 7.33. The highest BCUT2D eigenvalue weighted by Crippen LogP contribution is 2.36. The fourth-order valence-electron chi connectivity index (χ4n) is 1.78. The average Bonchev–Trinajstić information content (AvgIpc) is 2.61. The minimum atomic E-state index is -1.14. The topological polar surface area (TPSA) is 196 Å². The van der Waals surface area contributed by atoms with Crippen molar-refractivity contribution in [3.63, 3.8) is 0 Å². The van der Waals surface area contributed by atoms with Gasteiger partial charge < -0.3 is 40.9 Å². The lowest BCUT2D eigenvalue weighted by molar-refractivity contribution is -0.132. The number of aromatic hydroxyl groups is 6. The van der Waals surface area contributed by atoms with Crippen molar-refractivity contribution in [1.82, 2.24) is 0 Å². The van der Waals surface area contributed by atoms with Crippen molar-refractivity contribution >= 4 is 24.1 Å². The van der Waals surface area contributed by atoms with Gasteiger partial charge in [-0.25, -0.2) is 9.59 Å². The molecule has 0 atom stereocenters. The summed E-state index contributed by atoms with van der Waals surface area (Å²) in [6, 6.07) is 4.53. The molecule has 0 aromatic heterocycles. The lowest BCUT2D eigenvalue weighted by Crippen LogP contribution is -1.85. The van der Waals surface area contributed by atoms with Crippen LogP contribution in [0.1, 0.15) is 11.1 Å². The maximum Gasteiger partial charge on any atom is 0.328 e. The summed E-state index contributed by atoms with van der Waals surface area (Å²) in [6.45, 7) is 0. The smallest absolute Gasteiger partial charge is 0.328 e. The zero-order valence-corrected chi connectivity index (χ0v) is 14.0. The molecule has 2 aromatic rings. The van der Waals surface area contributed by atoms with Gasteiger partial charge in [0.2, 0.25) is 0 Å². The summed E-state index contributed by atoms with van der Waals surface area (Å²) in [5, 5.41) is 70.8. The molecule has 0 spiro atoms. The second-order valence-electron chi connectivity index (χ2n) is 5.16. The molecule has 8 N–H and O–H groups in total. The number of hydrogen-bond acceptors (Lipinski definition) is 8. The third kappa shape index (κ3) is 6.52. The van der Waals surface area contributed by atoms with E-state index in [1.54, 1.807) is 0 Å². The lowest BCUT2D eigenvalue weighted by atomic mass is 10.1. The van der Waals surface area contributed by atoms with Gasteiger partial charge in [-0.2, -0.15) is 0 Å². The second kappa shape index (κ2) is 9.38. The van der Waals surface area contributed by atoms with Crippen LogP contribution < -0.4 is 0 Å². The zero-order valence-electron chi connectivity index (χ0n) is 14.0. The Morgan fingerprint density at radius 3 is 1.04 bits per heavy atom. The Balaban J connectivity index is 0.000000280. The second-order valence-corrected chi connectivity index (χ2v) is 5.16. The Morgan fingerprint density at radius 2 is 0.821 bits per heavy atom. The van der Waals surface area contributed by atoms with Gasteiger partial charge in [-0.05, 0) is 47.5 Å². The van der Waals surface area contributed by atoms with E-state index < -0.39 is 46.4 Å².